The fourth-order valence-electron chi connectivity index (χ4n) is 5.05. The second-order valence-electron chi connectivity index (χ2n) is 8.12. The zero-order valence-corrected chi connectivity index (χ0v) is 17.3. The maximum absolute atomic E-state index is 14.9. The summed E-state index contributed by atoms with van der Waals surface area (Å²) in [5, 5.41) is 2.65. The maximum atomic E-state index is 14.9. The predicted octanol–water partition coefficient (Wildman–Crippen LogP) is 1.84. The minimum atomic E-state index is -0.807. The second-order valence-corrected chi connectivity index (χ2v) is 8.12. The number of nitrogens with one attached hydrogen (secondary N) is 1. The van der Waals surface area contributed by atoms with Gasteiger partial charge in [0, 0.05) is 18.3 Å². The van der Waals surface area contributed by atoms with Crippen molar-refractivity contribution >= 4 is 23.4 Å². The van der Waals surface area contributed by atoms with Crippen LogP contribution in [0.25, 0.3) is 5.65 Å². The Bertz CT molecular complexity index is 1040. The molecule has 0 aliphatic carbocycles. The monoisotopic (exact) mass is 416 g/mol. The molecule has 4 rings (SSSR count). The molecule has 1 N–H and O–H groups in total. The molecule has 8 nitrogen and oxygen atoms in total. The van der Waals surface area contributed by atoms with Crippen molar-refractivity contribution in [1.29, 1.82) is 0 Å². The number of halogens is 1. The number of fused-ring (bicyclic) bond motifs is 3. The summed E-state index contributed by atoms with van der Waals surface area (Å²) in [4.78, 5) is 43.6. The van der Waals surface area contributed by atoms with Gasteiger partial charge in [0.25, 0.3) is 5.91 Å². The molecule has 2 fully saturated rings. The minimum absolute atomic E-state index is 0.155. The fraction of sp³-hybridized carbons (Fsp3) is 0.524. The molecule has 4 heterocycles. The first-order valence-electron chi connectivity index (χ1n) is 10.1. The largest absolute Gasteiger partial charge is 0.468 e. The third kappa shape index (κ3) is 2.95. The van der Waals surface area contributed by atoms with E-state index in [0.717, 1.165) is 12.0 Å². The lowest BCUT2D eigenvalue weighted by Gasteiger charge is -2.35. The molecule has 2 aliphatic heterocycles. The molecule has 2 aromatic heterocycles. The van der Waals surface area contributed by atoms with Crippen LogP contribution in [-0.4, -0.2) is 57.8 Å². The fourth-order valence-corrected chi connectivity index (χ4v) is 5.05. The van der Waals surface area contributed by atoms with E-state index in [1.807, 2.05) is 13.8 Å². The van der Waals surface area contributed by atoms with Crippen LogP contribution in [0.15, 0.2) is 18.3 Å². The summed E-state index contributed by atoms with van der Waals surface area (Å²) in [5.74, 6) is -1.99. The molecule has 0 saturated carbocycles. The van der Waals surface area contributed by atoms with Crippen LogP contribution >= 0.6 is 0 Å². The summed E-state index contributed by atoms with van der Waals surface area (Å²) >= 11 is 0. The number of hydrogen-bond acceptors (Lipinski definition) is 5. The zero-order chi connectivity index (χ0) is 21.6. The molecule has 30 heavy (non-hydrogen) atoms. The topological polar surface area (TPSA) is 93.0 Å². The van der Waals surface area contributed by atoms with Crippen LogP contribution in [0, 0.1) is 18.3 Å². The standard InChI is InChI=1S/C21H25FN4O4/c1-4-21(20(29)23-11-16(27)30-3)10-13-5-6-14(21)26(13)19(28)17-18(22)25-8-7-12(2)9-15(25)24-17/h7-9,13-14H,4-6,10-11H2,1-3H3,(H,23,29)/t13-,14+,21+/m1/s1. The summed E-state index contributed by atoms with van der Waals surface area (Å²) in [6.07, 6.45) is 3.97. The maximum Gasteiger partial charge on any atom is 0.325 e. The van der Waals surface area contributed by atoms with Gasteiger partial charge in [0.2, 0.25) is 11.9 Å². The molecule has 2 bridgehead atoms. The molecule has 9 heteroatoms. The van der Waals surface area contributed by atoms with Crippen molar-refractivity contribution in [3.63, 3.8) is 0 Å². The van der Waals surface area contributed by atoms with E-state index in [1.54, 1.807) is 23.2 Å². The van der Waals surface area contributed by atoms with E-state index in [2.05, 4.69) is 15.0 Å². The molecule has 0 unspecified atom stereocenters. The normalized spacial score (nSPS) is 25.0. The summed E-state index contributed by atoms with van der Waals surface area (Å²) in [5.41, 5.74) is 0.262. The number of hydrogen-bond donors (Lipinski definition) is 1. The highest BCUT2D eigenvalue weighted by atomic mass is 19.1. The van der Waals surface area contributed by atoms with Crippen LogP contribution < -0.4 is 5.32 Å². The van der Waals surface area contributed by atoms with Crippen molar-refractivity contribution in [3.8, 4) is 0 Å². The molecule has 3 atom stereocenters. The molecule has 0 spiro atoms. The van der Waals surface area contributed by atoms with E-state index in [4.69, 9.17) is 0 Å². The zero-order valence-electron chi connectivity index (χ0n) is 17.3. The summed E-state index contributed by atoms with van der Waals surface area (Å²) in [6.45, 7) is 3.55. The molecule has 2 saturated heterocycles. The Kier molecular flexibility index (Phi) is 4.99. The van der Waals surface area contributed by atoms with Crippen molar-refractivity contribution < 1.29 is 23.5 Å². The highest BCUT2D eigenvalue weighted by Crippen LogP contribution is 2.52. The van der Waals surface area contributed by atoms with Crippen LogP contribution in [-0.2, 0) is 14.3 Å². The number of carbonyl (C=O) groups excluding carboxylic acids is 3. The molecule has 160 valence electrons. The number of nitrogens with zero attached hydrogens (tertiary/aromatic N) is 3. The van der Waals surface area contributed by atoms with Crippen LogP contribution in [0.1, 0.15) is 48.7 Å². The van der Waals surface area contributed by atoms with Gasteiger partial charge in [0.05, 0.1) is 12.5 Å². The average molecular weight is 416 g/mol. The van der Waals surface area contributed by atoms with Gasteiger partial charge in [-0.05, 0) is 50.3 Å². The first-order valence-corrected chi connectivity index (χ1v) is 10.1. The Morgan fingerprint density at radius 3 is 2.83 bits per heavy atom. The lowest BCUT2D eigenvalue weighted by molar-refractivity contribution is -0.143. The Balaban J connectivity index is 1.63. The van der Waals surface area contributed by atoms with E-state index < -0.39 is 23.2 Å². The van der Waals surface area contributed by atoms with Crippen molar-refractivity contribution in [2.24, 2.45) is 5.41 Å². The number of carbonyl (C=O) groups is 3. The molecular formula is C21H25FN4O4. The Labute approximate surface area is 173 Å². The lowest BCUT2D eigenvalue weighted by Crippen LogP contribution is -2.50. The van der Waals surface area contributed by atoms with E-state index in [-0.39, 0.29) is 30.2 Å². The highest BCUT2D eigenvalue weighted by Gasteiger charge is 2.60. The number of aromatic nitrogens is 2. The SMILES string of the molecule is CC[C@]1(C(=O)NCC(=O)OC)C[C@H]2CC[C@@H]1N2C(=O)c1nc2cc(C)ccn2c1F. The van der Waals surface area contributed by atoms with Crippen LogP contribution in [0.5, 0.6) is 0 Å². The molecular weight excluding hydrogens is 391 g/mol. The number of pyridine rings is 1. The highest BCUT2D eigenvalue weighted by molar-refractivity contribution is 5.96. The van der Waals surface area contributed by atoms with E-state index >= 15 is 0 Å². The number of ether oxygens (including phenoxy) is 1. The van der Waals surface area contributed by atoms with Gasteiger partial charge in [-0.15, -0.1) is 0 Å². The summed E-state index contributed by atoms with van der Waals surface area (Å²) in [7, 11) is 1.26. The first kappa shape index (κ1) is 20.3. The first-order chi connectivity index (χ1) is 14.3. The van der Waals surface area contributed by atoms with Gasteiger partial charge < -0.3 is 15.0 Å². The minimum Gasteiger partial charge on any atom is -0.468 e. The van der Waals surface area contributed by atoms with Gasteiger partial charge in [-0.3, -0.25) is 18.8 Å². The average Bonchev–Trinajstić information content (AvgIpc) is 3.40. The Morgan fingerprint density at radius 2 is 2.13 bits per heavy atom. The Hall–Kier alpha value is -2.97. The second kappa shape index (κ2) is 7.37. The van der Waals surface area contributed by atoms with Crippen LogP contribution in [0.3, 0.4) is 0 Å². The quantitative estimate of drug-likeness (QED) is 0.751. The van der Waals surface area contributed by atoms with Crippen molar-refractivity contribution in [2.75, 3.05) is 13.7 Å². The van der Waals surface area contributed by atoms with E-state index in [9.17, 15) is 18.8 Å². The molecule has 2 aromatic rings. The number of imidazole rings is 1. The van der Waals surface area contributed by atoms with Crippen molar-refractivity contribution in [2.45, 2.75) is 51.6 Å². The van der Waals surface area contributed by atoms with E-state index in [1.165, 1.54) is 11.5 Å². The third-order valence-electron chi connectivity index (χ3n) is 6.60. The van der Waals surface area contributed by atoms with E-state index in [0.29, 0.717) is 24.9 Å². The molecule has 0 radical (unpaired) electrons. The molecule has 2 amide bonds. The third-order valence-corrected chi connectivity index (χ3v) is 6.60. The molecule has 0 aromatic carbocycles. The van der Waals surface area contributed by atoms with Crippen molar-refractivity contribution in [3.05, 3.63) is 35.5 Å². The number of esters is 1. The van der Waals surface area contributed by atoms with Crippen molar-refractivity contribution in [1.82, 2.24) is 19.6 Å². The Morgan fingerprint density at radius 1 is 1.37 bits per heavy atom. The van der Waals surface area contributed by atoms with Gasteiger partial charge in [0.15, 0.2) is 5.69 Å². The van der Waals surface area contributed by atoms with Crippen LogP contribution in [0.2, 0.25) is 0 Å². The van der Waals surface area contributed by atoms with Gasteiger partial charge >= 0.3 is 5.97 Å². The van der Waals surface area contributed by atoms with Gasteiger partial charge in [-0.1, -0.05) is 6.92 Å². The summed E-state index contributed by atoms with van der Waals surface area (Å²) < 4.78 is 20.8. The number of amides is 2. The lowest BCUT2D eigenvalue weighted by atomic mass is 9.71. The van der Waals surface area contributed by atoms with Gasteiger partial charge in [-0.2, -0.15) is 4.39 Å². The van der Waals surface area contributed by atoms with Gasteiger partial charge in [-0.25, -0.2) is 4.98 Å². The van der Waals surface area contributed by atoms with Gasteiger partial charge in [0.1, 0.15) is 12.2 Å². The predicted molar refractivity (Wildman–Crippen MR) is 105 cm³/mol. The number of methoxy groups -OCH3 is 1. The number of rotatable bonds is 5. The molecule has 2 aliphatic rings. The summed E-state index contributed by atoms with van der Waals surface area (Å²) in [6, 6.07) is 2.95. The van der Waals surface area contributed by atoms with Crippen LogP contribution in [0.4, 0.5) is 4.39 Å². The smallest absolute Gasteiger partial charge is 0.325 e. The number of aryl methyl sites for hydroxylation is 1.